The molecule has 0 saturated heterocycles. The minimum Gasteiger partial charge on any atom is -0.384 e. The van der Waals surface area contributed by atoms with Crippen LogP contribution in [0.1, 0.15) is 5.56 Å². The van der Waals surface area contributed by atoms with Crippen LogP contribution in [0, 0.1) is 0 Å². The number of anilines is 2. The largest absolute Gasteiger partial charge is 0.384 e. The number of nitrogens with zero attached hydrogens (tertiary/aromatic N) is 2. The average molecular weight is 384 g/mol. The third-order valence-corrected chi connectivity index (χ3v) is 5.29. The van der Waals surface area contributed by atoms with Gasteiger partial charge in [0.25, 0.3) is 0 Å². The molecule has 1 heterocycles. The SMILES string of the molecule is CS(=O)(=O)c1ccccc1N(Cc1ccc2ccc(N)nc2c1)C(=O)CN. The molecule has 0 spiro atoms. The van der Waals surface area contributed by atoms with Crippen LogP contribution in [0.2, 0.25) is 0 Å². The molecule has 0 aliphatic carbocycles. The van der Waals surface area contributed by atoms with Crippen molar-refractivity contribution in [2.45, 2.75) is 11.4 Å². The van der Waals surface area contributed by atoms with Gasteiger partial charge >= 0.3 is 0 Å². The van der Waals surface area contributed by atoms with Crippen LogP contribution in [0.5, 0.6) is 0 Å². The molecule has 27 heavy (non-hydrogen) atoms. The molecular formula is C19H20N4O3S. The van der Waals surface area contributed by atoms with Crippen molar-refractivity contribution in [1.82, 2.24) is 4.98 Å². The minimum atomic E-state index is -3.52. The van der Waals surface area contributed by atoms with E-state index in [1.54, 1.807) is 24.3 Å². The van der Waals surface area contributed by atoms with E-state index >= 15 is 0 Å². The highest BCUT2D eigenvalue weighted by atomic mass is 32.2. The number of fused-ring (bicyclic) bond motifs is 1. The monoisotopic (exact) mass is 384 g/mol. The summed E-state index contributed by atoms with van der Waals surface area (Å²) in [6.45, 7) is -0.0775. The van der Waals surface area contributed by atoms with Crippen LogP contribution in [0.15, 0.2) is 59.5 Å². The van der Waals surface area contributed by atoms with Crippen LogP contribution in [0.4, 0.5) is 11.5 Å². The van der Waals surface area contributed by atoms with Crippen molar-refractivity contribution in [2.75, 3.05) is 23.4 Å². The summed E-state index contributed by atoms with van der Waals surface area (Å²) in [7, 11) is -3.52. The number of hydrogen-bond acceptors (Lipinski definition) is 6. The molecule has 1 aromatic heterocycles. The van der Waals surface area contributed by atoms with Gasteiger partial charge in [0, 0.05) is 11.6 Å². The van der Waals surface area contributed by atoms with Crippen molar-refractivity contribution >= 4 is 38.2 Å². The van der Waals surface area contributed by atoms with E-state index in [0.29, 0.717) is 17.0 Å². The van der Waals surface area contributed by atoms with Crippen molar-refractivity contribution in [1.29, 1.82) is 0 Å². The van der Waals surface area contributed by atoms with Crippen LogP contribution in [-0.2, 0) is 21.2 Å². The predicted molar refractivity (Wildman–Crippen MR) is 106 cm³/mol. The number of aromatic nitrogens is 1. The molecule has 0 aliphatic heterocycles. The summed E-state index contributed by atoms with van der Waals surface area (Å²) in [6.07, 6.45) is 1.11. The molecule has 8 heteroatoms. The van der Waals surface area contributed by atoms with E-state index in [9.17, 15) is 13.2 Å². The first kappa shape index (κ1) is 18.8. The summed E-state index contributed by atoms with van der Waals surface area (Å²) in [5.41, 5.74) is 13.1. The fourth-order valence-electron chi connectivity index (χ4n) is 2.87. The van der Waals surface area contributed by atoms with Gasteiger partial charge in [-0.25, -0.2) is 13.4 Å². The van der Waals surface area contributed by atoms with Gasteiger partial charge in [-0.05, 0) is 35.9 Å². The van der Waals surface area contributed by atoms with Crippen molar-refractivity contribution in [3.63, 3.8) is 0 Å². The zero-order chi connectivity index (χ0) is 19.6. The molecule has 0 bridgehead atoms. The Balaban J connectivity index is 2.07. The van der Waals surface area contributed by atoms with E-state index < -0.39 is 9.84 Å². The van der Waals surface area contributed by atoms with Crippen LogP contribution < -0.4 is 16.4 Å². The van der Waals surface area contributed by atoms with Crippen LogP contribution in [-0.4, -0.2) is 32.1 Å². The first-order valence-electron chi connectivity index (χ1n) is 8.24. The van der Waals surface area contributed by atoms with Gasteiger partial charge in [-0.3, -0.25) is 4.79 Å². The van der Waals surface area contributed by atoms with E-state index in [2.05, 4.69) is 4.98 Å². The summed E-state index contributed by atoms with van der Waals surface area (Å²) in [4.78, 5) is 18.2. The van der Waals surface area contributed by atoms with Gasteiger partial charge in [0.1, 0.15) is 5.82 Å². The number of carbonyl (C=O) groups excluding carboxylic acids is 1. The Morgan fingerprint density at radius 3 is 2.52 bits per heavy atom. The number of nitrogen functional groups attached to an aromatic ring is 1. The highest BCUT2D eigenvalue weighted by Gasteiger charge is 2.22. The topological polar surface area (TPSA) is 119 Å². The Hall–Kier alpha value is -2.97. The average Bonchev–Trinajstić information content (AvgIpc) is 2.64. The summed E-state index contributed by atoms with van der Waals surface area (Å²) in [6, 6.07) is 15.5. The number of para-hydroxylation sites is 1. The fourth-order valence-corrected chi connectivity index (χ4v) is 3.75. The zero-order valence-corrected chi connectivity index (χ0v) is 15.6. The number of sulfone groups is 1. The Morgan fingerprint density at radius 1 is 1.11 bits per heavy atom. The van der Waals surface area contributed by atoms with E-state index in [0.717, 1.165) is 17.2 Å². The first-order valence-corrected chi connectivity index (χ1v) is 10.1. The van der Waals surface area contributed by atoms with Crippen LogP contribution >= 0.6 is 0 Å². The number of benzene rings is 2. The summed E-state index contributed by atoms with van der Waals surface area (Å²) in [5.74, 6) is 0.0173. The lowest BCUT2D eigenvalue weighted by atomic mass is 10.1. The van der Waals surface area contributed by atoms with Crippen LogP contribution in [0.3, 0.4) is 0 Å². The van der Waals surface area contributed by atoms with Gasteiger partial charge in [0.2, 0.25) is 5.91 Å². The summed E-state index contributed by atoms with van der Waals surface area (Å²) < 4.78 is 24.3. The second-order valence-electron chi connectivity index (χ2n) is 6.19. The molecule has 0 fully saturated rings. The molecule has 0 saturated carbocycles. The highest BCUT2D eigenvalue weighted by molar-refractivity contribution is 7.90. The van der Waals surface area contributed by atoms with Gasteiger partial charge in [-0.2, -0.15) is 0 Å². The van der Waals surface area contributed by atoms with E-state index in [1.807, 2.05) is 24.3 Å². The highest BCUT2D eigenvalue weighted by Crippen LogP contribution is 2.27. The lowest BCUT2D eigenvalue weighted by Gasteiger charge is -2.24. The maximum atomic E-state index is 12.5. The molecule has 7 nitrogen and oxygen atoms in total. The van der Waals surface area contributed by atoms with Gasteiger partial charge < -0.3 is 16.4 Å². The molecule has 0 radical (unpaired) electrons. The van der Waals surface area contributed by atoms with Crippen molar-refractivity contribution < 1.29 is 13.2 Å². The molecule has 0 atom stereocenters. The molecule has 2 aromatic carbocycles. The second-order valence-corrected chi connectivity index (χ2v) is 8.17. The molecule has 0 unspecified atom stereocenters. The molecule has 4 N–H and O–H groups in total. The Bertz CT molecular complexity index is 1110. The van der Waals surface area contributed by atoms with Gasteiger partial charge in [0.15, 0.2) is 9.84 Å². The molecule has 140 valence electrons. The van der Waals surface area contributed by atoms with E-state index in [1.165, 1.54) is 11.0 Å². The van der Waals surface area contributed by atoms with Crippen molar-refractivity contribution in [3.8, 4) is 0 Å². The van der Waals surface area contributed by atoms with E-state index in [-0.39, 0.29) is 23.9 Å². The lowest BCUT2D eigenvalue weighted by Crippen LogP contribution is -2.36. The maximum Gasteiger partial charge on any atom is 0.241 e. The number of carbonyl (C=O) groups is 1. The van der Waals surface area contributed by atoms with Gasteiger partial charge in [-0.15, -0.1) is 0 Å². The lowest BCUT2D eigenvalue weighted by molar-refractivity contribution is -0.117. The molecule has 1 amide bonds. The number of amides is 1. The molecule has 0 aliphatic rings. The summed E-state index contributed by atoms with van der Waals surface area (Å²) >= 11 is 0. The Labute approximate surface area is 157 Å². The standard InChI is InChI=1S/C19H20N4O3S/c1-27(25,26)17-5-3-2-4-16(17)23(19(24)11-20)12-13-6-7-14-8-9-18(21)22-15(14)10-13/h2-10H,11-12,20H2,1H3,(H2,21,22). The predicted octanol–water partition coefficient (Wildman–Crippen LogP) is 1.71. The van der Waals surface area contributed by atoms with Crippen molar-refractivity contribution in [2.24, 2.45) is 5.73 Å². The smallest absolute Gasteiger partial charge is 0.241 e. The zero-order valence-electron chi connectivity index (χ0n) is 14.8. The fraction of sp³-hybridized carbons (Fsp3) is 0.158. The first-order chi connectivity index (χ1) is 12.8. The molecule has 3 rings (SSSR count). The number of nitrogens with two attached hydrogens (primary N) is 2. The van der Waals surface area contributed by atoms with Gasteiger partial charge in [0.05, 0.1) is 29.2 Å². The normalized spacial score (nSPS) is 11.5. The third kappa shape index (κ3) is 4.07. The Morgan fingerprint density at radius 2 is 1.81 bits per heavy atom. The number of rotatable bonds is 5. The molecular weight excluding hydrogens is 364 g/mol. The quantitative estimate of drug-likeness (QED) is 0.691. The van der Waals surface area contributed by atoms with E-state index in [4.69, 9.17) is 11.5 Å². The van der Waals surface area contributed by atoms with Crippen LogP contribution in [0.25, 0.3) is 10.9 Å². The second kappa shape index (κ2) is 7.34. The molecule has 3 aromatic rings. The number of pyridine rings is 1. The number of hydrogen-bond donors (Lipinski definition) is 2. The Kier molecular flexibility index (Phi) is 5.11. The maximum absolute atomic E-state index is 12.5. The van der Waals surface area contributed by atoms with Gasteiger partial charge in [-0.1, -0.05) is 24.3 Å². The third-order valence-electron chi connectivity index (χ3n) is 4.15. The summed E-state index contributed by atoms with van der Waals surface area (Å²) in [5, 5.41) is 0.918. The minimum absolute atomic E-state index is 0.0787. The van der Waals surface area contributed by atoms with Crippen molar-refractivity contribution in [3.05, 3.63) is 60.2 Å².